The van der Waals surface area contributed by atoms with Crippen LogP contribution in [0.4, 0.5) is 0 Å². The largest absolute Gasteiger partial charge is 0.359 e. The normalized spacial score (nSPS) is 14.8. The maximum atomic E-state index is 12.4. The predicted octanol–water partition coefficient (Wildman–Crippen LogP) is 0.868. The van der Waals surface area contributed by atoms with E-state index in [1.807, 2.05) is 0 Å². The molecule has 0 saturated carbocycles. The summed E-state index contributed by atoms with van der Waals surface area (Å²) in [6.45, 7) is 2.97. The lowest BCUT2D eigenvalue weighted by Gasteiger charge is -2.34. The van der Waals surface area contributed by atoms with E-state index in [4.69, 9.17) is 11.6 Å². The number of hydrogen-bond acceptors (Lipinski definition) is 5. The molecule has 1 aromatic carbocycles. The van der Waals surface area contributed by atoms with E-state index in [1.54, 1.807) is 34.1 Å². The van der Waals surface area contributed by atoms with Gasteiger partial charge in [0.25, 0.3) is 5.91 Å². The number of aromatic nitrogens is 2. The highest BCUT2D eigenvalue weighted by Crippen LogP contribution is 2.15. The Morgan fingerprint density at radius 2 is 1.83 bits per heavy atom. The van der Waals surface area contributed by atoms with Crippen molar-refractivity contribution < 1.29 is 19.1 Å². The molecule has 2 heterocycles. The zero-order valence-corrected chi connectivity index (χ0v) is 13.7. The minimum absolute atomic E-state index is 0.000354. The number of amides is 2. The van der Waals surface area contributed by atoms with Gasteiger partial charge in [-0.2, -0.15) is 0 Å². The number of nitrogens with zero attached hydrogens (tertiary/aromatic N) is 4. The second-order valence-electron chi connectivity index (χ2n) is 5.46. The molecule has 1 aliphatic heterocycles. The fourth-order valence-corrected chi connectivity index (χ4v) is 2.74. The number of halogens is 1. The van der Waals surface area contributed by atoms with Crippen molar-refractivity contribution >= 4 is 23.4 Å². The summed E-state index contributed by atoms with van der Waals surface area (Å²) in [5.74, 6) is -0.500. The average Bonchev–Trinajstić information content (AvgIpc) is 2.93. The lowest BCUT2D eigenvalue weighted by atomic mass is 10.1. The smallest absolute Gasteiger partial charge is 0.308 e. The molecule has 0 radical (unpaired) electrons. The van der Waals surface area contributed by atoms with Gasteiger partial charge in [0.2, 0.25) is 5.69 Å². The molecule has 0 N–H and O–H groups in total. The fraction of sp³-hybridized carbons (Fsp3) is 0.333. The van der Waals surface area contributed by atoms with Gasteiger partial charge in [-0.3, -0.25) is 14.2 Å². The lowest BCUT2D eigenvalue weighted by molar-refractivity contribution is -0.806. The standard InChI is InChI=1S/C15H15ClN4O4/c1-10-13(17-24-20(10)23)15(22)19-7-5-18(6-8-19)14(21)11-3-2-4-12(16)9-11/h2-4,9H,5-8H2,1H3. The monoisotopic (exact) mass is 350 g/mol. The van der Waals surface area contributed by atoms with Gasteiger partial charge in [-0.05, 0) is 23.1 Å². The van der Waals surface area contributed by atoms with Crippen LogP contribution in [0.5, 0.6) is 0 Å². The van der Waals surface area contributed by atoms with E-state index in [9.17, 15) is 14.8 Å². The molecule has 24 heavy (non-hydrogen) atoms. The molecule has 1 fully saturated rings. The van der Waals surface area contributed by atoms with Gasteiger partial charge in [0.05, 0.1) is 5.16 Å². The minimum atomic E-state index is -0.374. The van der Waals surface area contributed by atoms with Gasteiger partial charge in [0.15, 0.2) is 0 Å². The summed E-state index contributed by atoms with van der Waals surface area (Å²) >= 11 is 5.91. The second-order valence-corrected chi connectivity index (χ2v) is 5.90. The third-order valence-electron chi connectivity index (χ3n) is 3.95. The van der Waals surface area contributed by atoms with Crippen molar-refractivity contribution in [3.05, 3.63) is 51.4 Å². The van der Waals surface area contributed by atoms with Gasteiger partial charge in [-0.15, -0.1) is 0 Å². The maximum absolute atomic E-state index is 12.4. The first-order valence-corrected chi connectivity index (χ1v) is 7.75. The van der Waals surface area contributed by atoms with Gasteiger partial charge < -0.3 is 15.0 Å². The number of carbonyl (C=O) groups excluding carboxylic acids is 2. The van der Waals surface area contributed by atoms with Gasteiger partial charge >= 0.3 is 11.6 Å². The SMILES string of the molecule is Cc1c(C(=O)N2CCN(C(=O)c3cccc(Cl)c3)CC2)no[n+]1[O-]. The molecule has 3 rings (SSSR count). The van der Waals surface area contributed by atoms with Crippen LogP contribution in [0.25, 0.3) is 0 Å². The summed E-state index contributed by atoms with van der Waals surface area (Å²) in [5, 5.41) is 15.2. The summed E-state index contributed by atoms with van der Waals surface area (Å²) in [4.78, 5) is 28.2. The van der Waals surface area contributed by atoms with Crippen LogP contribution in [-0.4, -0.2) is 52.9 Å². The molecule has 126 valence electrons. The highest BCUT2D eigenvalue weighted by atomic mass is 35.5. The van der Waals surface area contributed by atoms with Crippen molar-refractivity contribution in [3.8, 4) is 0 Å². The molecule has 0 aliphatic carbocycles. The van der Waals surface area contributed by atoms with Crippen LogP contribution >= 0.6 is 11.6 Å². The van der Waals surface area contributed by atoms with Crippen molar-refractivity contribution in [2.75, 3.05) is 26.2 Å². The maximum Gasteiger partial charge on any atom is 0.308 e. The molecule has 1 aromatic heterocycles. The van der Waals surface area contributed by atoms with E-state index >= 15 is 0 Å². The topological polar surface area (TPSA) is 93.6 Å². The molecular weight excluding hydrogens is 336 g/mol. The van der Waals surface area contributed by atoms with E-state index in [0.29, 0.717) is 36.8 Å². The summed E-state index contributed by atoms with van der Waals surface area (Å²) in [6, 6.07) is 6.75. The third-order valence-corrected chi connectivity index (χ3v) is 4.19. The number of carbonyl (C=O) groups is 2. The Labute approximate surface area is 142 Å². The predicted molar refractivity (Wildman–Crippen MR) is 83.5 cm³/mol. The molecule has 8 nitrogen and oxygen atoms in total. The molecule has 0 unspecified atom stereocenters. The minimum Gasteiger partial charge on any atom is -0.359 e. The van der Waals surface area contributed by atoms with Gasteiger partial charge in [-0.1, -0.05) is 17.7 Å². The van der Waals surface area contributed by atoms with Crippen LogP contribution < -0.4 is 4.90 Å². The van der Waals surface area contributed by atoms with E-state index in [1.165, 1.54) is 6.92 Å². The van der Waals surface area contributed by atoms with Crippen LogP contribution in [0.15, 0.2) is 28.9 Å². The quantitative estimate of drug-likeness (QED) is 0.749. The highest BCUT2D eigenvalue weighted by molar-refractivity contribution is 6.30. The van der Waals surface area contributed by atoms with Crippen LogP contribution in [0.2, 0.25) is 5.02 Å². The van der Waals surface area contributed by atoms with Crippen LogP contribution in [0, 0.1) is 12.1 Å². The molecule has 0 bridgehead atoms. The Kier molecular flexibility index (Phi) is 4.39. The number of rotatable bonds is 2. The summed E-state index contributed by atoms with van der Waals surface area (Å²) < 4.78 is 4.42. The number of benzene rings is 1. The first kappa shape index (κ1) is 16.3. The molecule has 9 heteroatoms. The molecular formula is C15H15ClN4O4. The Balaban J connectivity index is 1.64. The highest BCUT2D eigenvalue weighted by Gasteiger charge is 2.31. The molecule has 0 spiro atoms. The van der Waals surface area contributed by atoms with Crippen LogP contribution in [0.3, 0.4) is 0 Å². The van der Waals surface area contributed by atoms with Crippen LogP contribution in [0.1, 0.15) is 26.5 Å². The fourth-order valence-electron chi connectivity index (χ4n) is 2.55. The summed E-state index contributed by atoms with van der Waals surface area (Å²) in [6.07, 6.45) is 0. The van der Waals surface area contributed by atoms with E-state index in [2.05, 4.69) is 9.79 Å². The Bertz CT molecular complexity index is 784. The summed E-state index contributed by atoms with van der Waals surface area (Å²) in [5.41, 5.74) is 0.638. The number of hydrogen-bond donors (Lipinski definition) is 0. The van der Waals surface area contributed by atoms with Crippen molar-refractivity contribution in [2.45, 2.75) is 6.92 Å². The summed E-state index contributed by atoms with van der Waals surface area (Å²) in [7, 11) is 0. The third kappa shape index (κ3) is 3.05. The zero-order valence-electron chi connectivity index (χ0n) is 12.9. The Morgan fingerprint density at radius 3 is 2.38 bits per heavy atom. The van der Waals surface area contributed by atoms with Crippen molar-refractivity contribution in [1.82, 2.24) is 15.0 Å². The van der Waals surface area contributed by atoms with Gasteiger partial charge in [0, 0.05) is 43.7 Å². The Hall–Kier alpha value is -2.61. The number of piperazine rings is 1. The molecule has 0 atom stereocenters. The van der Waals surface area contributed by atoms with E-state index in [-0.39, 0.29) is 28.1 Å². The molecule has 1 aliphatic rings. The molecule has 1 saturated heterocycles. The second kappa shape index (κ2) is 6.48. The molecule has 2 aromatic rings. The van der Waals surface area contributed by atoms with Crippen molar-refractivity contribution in [2.24, 2.45) is 0 Å². The zero-order chi connectivity index (χ0) is 17.3. The van der Waals surface area contributed by atoms with E-state index < -0.39 is 0 Å². The lowest BCUT2D eigenvalue weighted by Crippen LogP contribution is -2.50. The first-order valence-electron chi connectivity index (χ1n) is 7.38. The van der Waals surface area contributed by atoms with Gasteiger partial charge in [0.1, 0.15) is 0 Å². The van der Waals surface area contributed by atoms with Crippen molar-refractivity contribution in [1.29, 1.82) is 0 Å². The average molecular weight is 351 g/mol. The van der Waals surface area contributed by atoms with Crippen molar-refractivity contribution in [3.63, 3.8) is 0 Å². The van der Waals surface area contributed by atoms with Crippen LogP contribution in [-0.2, 0) is 0 Å². The Morgan fingerprint density at radius 1 is 1.21 bits per heavy atom. The molecule has 2 amide bonds. The van der Waals surface area contributed by atoms with Gasteiger partial charge in [-0.25, -0.2) is 0 Å². The van der Waals surface area contributed by atoms with E-state index in [0.717, 1.165) is 0 Å². The first-order chi connectivity index (χ1) is 11.5.